The first-order valence-electron chi connectivity index (χ1n) is 3.75. The molecule has 2 rings (SSSR count). The number of para-hydroxylation sites is 1. The van der Waals surface area contributed by atoms with Gasteiger partial charge in [-0.15, -0.1) is 0 Å². The van der Waals surface area contributed by atoms with Crippen molar-refractivity contribution in [2.75, 3.05) is 1.33 Å². The van der Waals surface area contributed by atoms with Crippen LogP contribution in [0.1, 0.15) is 0 Å². The van der Waals surface area contributed by atoms with Crippen molar-refractivity contribution in [2.24, 2.45) is 0 Å². The number of anilines is 1. The molecular weight excluding hydrogens is 390 g/mol. The molecule has 1 heterocycles. The number of aromatic nitrogens is 1. The quantitative estimate of drug-likeness (QED) is 0.540. The molecule has 4 heteroatoms. The molecule has 1 aromatic carbocycles. The molecule has 0 radical (unpaired) electrons. The summed E-state index contributed by atoms with van der Waals surface area (Å²) in [5, 5.41) is 1.18. The van der Waals surface area contributed by atoms with Gasteiger partial charge < -0.3 is 0 Å². The Labute approximate surface area is 104 Å². The number of hydrogen-bond donors (Lipinski definition) is 0. The first-order chi connectivity index (χ1) is 6.27. The lowest BCUT2D eigenvalue weighted by molar-refractivity contribution is 1.40. The van der Waals surface area contributed by atoms with Crippen LogP contribution in [0.5, 0.6) is 0 Å². The van der Waals surface area contributed by atoms with Gasteiger partial charge in [0.15, 0.2) is 0 Å². The van der Waals surface area contributed by atoms with Crippen LogP contribution in [-0.4, -0.2) is 4.98 Å². The standard InChI is InChI=1S/C9H6I2N2/c10-13(11)9-6-5-7-3-1-2-4-8(7)12-9/h1-6H. The maximum absolute atomic E-state index is 4.49. The minimum Gasteiger partial charge on any atom is -0.237 e. The molecule has 2 nitrogen and oxygen atoms in total. The van der Waals surface area contributed by atoms with Crippen molar-refractivity contribution in [1.29, 1.82) is 0 Å². The summed E-state index contributed by atoms with van der Waals surface area (Å²) in [6.45, 7) is 0. The predicted molar refractivity (Wildman–Crippen MR) is 72.3 cm³/mol. The van der Waals surface area contributed by atoms with E-state index in [9.17, 15) is 0 Å². The molecule has 0 atom stereocenters. The van der Waals surface area contributed by atoms with E-state index in [0.29, 0.717) is 0 Å². The molecule has 66 valence electrons. The summed E-state index contributed by atoms with van der Waals surface area (Å²) in [7, 11) is 0. The Hall–Kier alpha value is -0.110. The molecular formula is C9H6I2N2. The highest BCUT2D eigenvalue weighted by molar-refractivity contribution is 14.2. The zero-order valence-corrected chi connectivity index (χ0v) is 10.9. The number of rotatable bonds is 1. The number of fused-ring (bicyclic) bond motifs is 1. The van der Waals surface area contributed by atoms with Crippen LogP contribution in [0.4, 0.5) is 5.82 Å². The molecule has 0 unspecified atom stereocenters. The van der Waals surface area contributed by atoms with E-state index in [-0.39, 0.29) is 0 Å². The van der Waals surface area contributed by atoms with E-state index in [1.54, 1.807) is 0 Å². The fraction of sp³-hybridized carbons (Fsp3) is 0. The third-order valence-electron chi connectivity index (χ3n) is 1.76. The van der Waals surface area contributed by atoms with Gasteiger partial charge >= 0.3 is 0 Å². The molecule has 0 amide bonds. The van der Waals surface area contributed by atoms with Crippen molar-refractivity contribution in [1.82, 2.24) is 4.98 Å². The molecule has 1 aromatic heterocycles. The maximum atomic E-state index is 4.49. The smallest absolute Gasteiger partial charge is 0.147 e. The molecule has 0 aliphatic carbocycles. The number of hydrogen-bond acceptors (Lipinski definition) is 2. The van der Waals surface area contributed by atoms with Crippen molar-refractivity contribution in [3.05, 3.63) is 36.4 Å². The van der Waals surface area contributed by atoms with E-state index in [2.05, 4.69) is 62.8 Å². The Kier molecular flexibility index (Phi) is 2.87. The zero-order valence-electron chi connectivity index (χ0n) is 6.61. The second-order valence-electron chi connectivity index (χ2n) is 2.60. The van der Waals surface area contributed by atoms with Crippen molar-refractivity contribution in [3.63, 3.8) is 0 Å². The summed E-state index contributed by atoms with van der Waals surface area (Å²) in [6.07, 6.45) is 0. The van der Waals surface area contributed by atoms with Crippen LogP contribution >= 0.6 is 45.7 Å². The van der Waals surface area contributed by atoms with E-state index in [1.165, 1.54) is 5.39 Å². The minimum atomic E-state index is 0.972. The molecule has 0 N–H and O–H groups in total. The largest absolute Gasteiger partial charge is 0.237 e. The van der Waals surface area contributed by atoms with Crippen LogP contribution in [0.3, 0.4) is 0 Å². The number of benzene rings is 1. The monoisotopic (exact) mass is 396 g/mol. The predicted octanol–water partition coefficient (Wildman–Crippen LogP) is 3.74. The molecule has 0 spiro atoms. The highest BCUT2D eigenvalue weighted by atomic mass is 127. The lowest BCUT2D eigenvalue weighted by Gasteiger charge is -2.06. The van der Waals surface area contributed by atoms with Crippen LogP contribution in [0, 0.1) is 0 Å². The third kappa shape index (κ3) is 2.04. The lowest BCUT2D eigenvalue weighted by Crippen LogP contribution is -1.92. The number of halogens is 2. The van der Waals surface area contributed by atoms with Crippen LogP contribution < -0.4 is 1.33 Å². The fourth-order valence-corrected chi connectivity index (χ4v) is 1.69. The van der Waals surface area contributed by atoms with Crippen LogP contribution in [0.2, 0.25) is 0 Å². The van der Waals surface area contributed by atoms with E-state index in [4.69, 9.17) is 0 Å². The second-order valence-corrected chi connectivity index (χ2v) is 6.37. The van der Waals surface area contributed by atoms with Crippen molar-refractivity contribution in [2.45, 2.75) is 0 Å². The highest BCUT2D eigenvalue weighted by Crippen LogP contribution is 2.23. The molecule has 2 aromatic rings. The van der Waals surface area contributed by atoms with E-state index in [0.717, 1.165) is 11.3 Å². The highest BCUT2D eigenvalue weighted by Gasteiger charge is 2.00. The minimum absolute atomic E-state index is 0.972. The molecule has 0 aliphatic heterocycles. The molecule has 0 bridgehead atoms. The van der Waals surface area contributed by atoms with Crippen molar-refractivity contribution in [3.8, 4) is 0 Å². The maximum Gasteiger partial charge on any atom is 0.147 e. The summed E-state index contributed by atoms with van der Waals surface area (Å²) in [4.78, 5) is 4.49. The lowest BCUT2D eigenvalue weighted by atomic mass is 10.2. The second kappa shape index (κ2) is 3.95. The molecule has 0 aliphatic rings. The Morgan fingerprint density at radius 3 is 2.54 bits per heavy atom. The van der Waals surface area contributed by atoms with Gasteiger partial charge in [0.25, 0.3) is 0 Å². The average Bonchev–Trinajstić information content (AvgIpc) is 2.17. The average molecular weight is 396 g/mol. The van der Waals surface area contributed by atoms with Crippen molar-refractivity contribution >= 4 is 62.4 Å². The van der Waals surface area contributed by atoms with E-state index < -0.39 is 0 Å². The Morgan fingerprint density at radius 2 is 1.77 bits per heavy atom. The zero-order chi connectivity index (χ0) is 9.26. The van der Waals surface area contributed by atoms with Gasteiger partial charge in [-0.25, -0.2) is 6.31 Å². The number of nitrogens with zero attached hydrogens (tertiary/aromatic N) is 2. The van der Waals surface area contributed by atoms with Crippen LogP contribution in [0.15, 0.2) is 36.4 Å². The normalized spacial score (nSPS) is 10.3. The van der Waals surface area contributed by atoms with Crippen LogP contribution in [0.25, 0.3) is 10.9 Å². The van der Waals surface area contributed by atoms with Gasteiger partial charge in [-0.1, -0.05) is 18.2 Å². The molecule has 0 saturated heterocycles. The first kappa shape index (κ1) is 9.45. The van der Waals surface area contributed by atoms with Gasteiger partial charge in [-0.05, 0) is 18.2 Å². The molecule has 0 saturated carbocycles. The van der Waals surface area contributed by atoms with Crippen LogP contribution in [-0.2, 0) is 0 Å². The van der Waals surface area contributed by atoms with Gasteiger partial charge in [0.05, 0.1) is 51.2 Å². The summed E-state index contributed by atoms with van der Waals surface area (Å²) < 4.78 is 1.95. The van der Waals surface area contributed by atoms with Gasteiger partial charge in [-0.2, -0.15) is 0 Å². The van der Waals surface area contributed by atoms with E-state index >= 15 is 0 Å². The molecule has 13 heavy (non-hydrogen) atoms. The summed E-state index contributed by atoms with van der Waals surface area (Å²) in [5.74, 6) is 0.972. The third-order valence-corrected chi connectivity index (χ3v) is 2.75. The van der Waals surface area contributed by atoms with Gasteiger partial charge in [0.2, 0.25) is 0 Å². The summed E-state index contributed by atoms with van der Waals surface area (Å²) >= 11 is 4.40. The Bertz CT molecular complexity index is 429. The fourth-order valence-electron chi connectivity index (χ4n) is 1.15. The van der Waals surface area contributed by atoms with Gasteiger partial charge in [0, 0.05) is 5.39 Å². The number of pyridine rings is 1. The van der Waals surface area contributed by atoms with Gasteiger partial charge in [0.1, 0.15) is 5.82 Å². The van der Waals surface area contributed by atoms with Gasteiger partial charge in [-0.3, -0.25) is 0 Å². The van der Waals surface area contributed by atoms with Crippen molar-refractivity contribution < 1.29 is 0 Å². The first-order valence-corrected chi connectivity index (χ1v) is 5.68. The Morgan fingerprint density at radius 1 is 1.00 bits per heavy atom. The topological polar surface area (TPSA) is 16.1 Å². The van der Waals surface area contributed by atoms with E-state index in [1.807, 2.05) is 25.6 Å². The summed E-state index contributed by atoms with van der Waals surface area (Å²) in [5.41, 5.74) is 1.04. The molecule has 0 fully saturated rings. The summed E-state index contributed by atoms with van der Waals surface area (Å²) in [6, 6.07) is 12.2. The SMILES string of the molecule is IN(I)c1ccc2ccccc2n1. The Balaban J connectivity index is 2.62.